The van der Waals surface area contributed by atoms with Crippen molar-refractivity contribution in [3.05, 3.63) is 76.3 Å². The Balaban J connectivity index is 1.92. The Kier molecular flexibility index (Phi) is 3.41. The third kappa shape index (κ3) is 2.29. The van der Waals surface area contributed by atoms with Crippen LogP contribution < -0.4 is 10.9 Å². The SMILES string of the molecule is C[C@@H]1NC(=O)[C@H](Cc2ccccc2)n2c1nc1ccccc1c2=O. The van der Waals surface area contributed by atoms with E-state index in [1.165, 1.54) is 0 Å². The van der Waals surface area contributed by atoms with Crippen molar-refractivity contribution in [3.63, 3.8) is 0 Å². The van der Waals surface area contributed by atoms with E-state index in [2.05, 4.69) is 10.3 Å². The molecule has 1 aliphatic rings. The molecule has 0 aliphatic carbocycles. The van der Waals surface area contributed by atoms with Gasteiger partial charge >= 0.3 is 0 Å². The number of aromatic nitrogens is 2. The van der Waals surface area contributed by atoms with Gasteiger partial charge in [-0.15, -0.1) is 0 Å². The van der Waals surface area contributed by atoms with Gasteiger partial charge in [0, 0.05) is 6.42 Å². The van der Waals surface area contributed by atoms with Crippen LogP contribution >= 0.6 is 0 Å². The summed E-state index contributed by atoms with van der Waals surface area (Å²) >= 11 is 0. The zero-order valence-corrected chi connectivity index (χ0v) is 13.3. The van der Waals surface area contributed by atoms with Crippen LogP contribution in [0, 0.1) is 0 Å². The summed E-state index contributed by atoms with van der Waals surface area (Å²) in [5.41, 5.74) is 1.52. The number of carbonyl (C=O) groups excluding carboxylic acids is 1. The van der Waals surface area contributed by atoms with Crippen molar-refractivity contribution >= 4 is 16.8 Å². The lowest BCUT2D eigenvalue weighted by molar-refractivity contribution is -0.126. The van der Waals surface area contributed by atoms with Gasteiger partial charge in [0.05, 0.1) is 16.9 Å². The fraction of sp³-hybridized carbons (Fsp3) is 0.211. The quantitative estimate of drug-likeness (QED) is 0.789. The lowest BCUT2D eigenvalue weighted by Crippen LogP contribution is -2.47. The molecule has 5 heteroatoms. The first kappa shape index (κ1) is 14.6. The highest BCUT2D eigenvalue weighted by Gasteiger charge is 2.33. The normalized spacial score (nSPS) is 19.8. The Labute approximate surface area is 139 Å². The van der Waals surface area contributed by atoms with Gasteiger partial charge in [0.2, 0.25) is 5.91 Å². The smallest absolute Gasteiger partial charge is 0.262 e. The Morgan fingerprint density at radius 1 is 1.04 bits per heavy atom. The standard InChI is InChI=1S/C19H17N3O2/c1-12-17-21-15-10-6-5-9-14(15)19(24)22(17)16(18(23)20-12)11-13-7-3-2-4-8-13/h2-10,12,16H,11H2,1H3,(H,20,23)/t12-,16-/m0/s1. The number of para-hydroxylation sites is 1. The van der Waals surface area contributed by atoms with Crippen molar-refractivity contribution < 1.29 is 4.79 Å². The van der Waals surface area contributed by atoms with Gasteiger partial charge in [-0.3, -0.25) is 14.2 Å². The van der Waals surface area contributed by atoms with Gasteiger partial charge in [-0.05, 0) is 24.6 Å². The Hall–Kier alpha value is -2.95. The van der Waals surface area contributed by atoms with E-state index in [1.54, 1.807) is 10.6 Å². The molecule has 4 rings (SSSR count). The fourth-order valence-corrected chi connectivity index (χ4v) is 3.28. The highest BCUT2D eigenvalue weighted by Crippen LogP contribution is 2.25. The monoisotopic (exact) mass is 319 g/mol. The van der Waals surface area contributed by atoms with Crippen LogP contribution in [0.15, 0.2) is 59.4 Å². The molecule has 0 saturated carbocycles. The van der Waals surface area contributed by atoms with E-state index in [0.29, 0.717) is 23.1 Å². The molecule has 24 heavy (non-hydrogen) atoms. The number of rotatable bonds is 2. The van der Waals surface area contributed by atoms with Crippen LogP contribution in [-0.2, 0) is 11.2 Å². The van der Waals surface area contributed by atoms with Crippen molar-refractivity contribution in [1.29, 1.82) is 0 Å². The van der Waals surface area contributed by atoms with Crippen molar-refractivity contribution in [2.75, 3.05) is 0 Å². The maximum atomic E-state index is 13.0. The van der Waals surface area contributed by atoms with Gasteiger partial charge < -0.3 is 5.32 Å². The molecule has 2 heterocycles. The highest BCUT2D eigenvalue weighted by atomic mass is 16.2. The molecule has 0 spiro atoms. The number of hydrogen-bond acceptors (Lipinski definition) is 3. The molecule has 0 radical (unpaired) electrons. The molecular weight excluding hydrogens is 302 g/mol. The van der Waals surface area contributed by atoms with E-state index in [1.807, 2.05) is 55.5 Å². The summed E-state index contributed by atoms with van der Waals surface area (Å²) in [5.74, 6) is 0.470. The lowest BCUT2D eigenvalue weighted by Gasteiger charge is -2.31. The number of amides is 1. The van der Waals surface area contributed by atoms with Crippen LogP contribution in [0.3, 0.4) is 0 Å². The van der Waals surface area contributed by atoms with E-state index in [0.717, 1.165) is 5.56 Å². The van der Waals surface area contributed by atoms with Gasteiger partial charge in [0.25, 0.3) is 5.56 Å². The summed E-state index contributed by atoms with van der Waals surface area (Å²) in [6.07, 6.45) is 0.465. The summed E-state index contributed by atoms with van der Waals surface area (Å²) in [6, 6.07) is 16.1. The van der Waals surface area contributed by atoms with E-state index in [4.69, 9.17) is 0 Å². The number of hydrogen-bond donors (Lipinski definition) is 1. The van der Waals surface area contributed by atoms with Crippen molar-refractivity contribution in [1.82, 2.24) is 14.9 Å². The number of nitrogens with zero attached hydrogens (tertiary/aromatic N) is 2. The van der Waals surface area contributed by atoms with Gasteiger partial charge in [0.1, 0.15) is 11.9 Å². The minimum absolute atomic E-state index is 0.141. The average Bonchev–Trinajstić information content (AvgIpc) is 2.60. The molecule has 2 atom stereocenters. The van der Waals surface area contributed by atoms with Gasteiger partial charge in [-0.25, -0.2) is 4.98 Å². The zero-order chi connectivity index (χ0) is 16.7. The average molecular weight is 319 g/mol. The van der Waals surface area contributed by atoms with Gasteiger partial charge in [-0.2, -0.15) is 0 Å². The summed E-state index contributed by atoms with van der Waals surface area (Å²) in [4.78, 5) is 30.2. The zero-order valence-electron chi connectivity index (χ0n) is 13.3. The van der Waals surface area contributed by atoms with E-state index in [-0.39, 0.29) is 17.5 Å². The molecular formula is C19H17N3O2. The number of fused-ring (bicyclic) bond motifs is 2. The molecule has 0 saturated heterocycles. The molecule has 0 bridgehead atoms. The molecule has 2 aromatic carbocycles. The summed E-state index contributed by atoms with van der Waals surface area (Å²) in [7, 11) is 0. The molecule has 120 valence electrons. The molecule has 1 amide bonds. The summed E-state index contributed by atoms with van der Waals surface area (Å²) in [6.45, 7) is 1.85. The molecule has 1 N–H and O–H groups in total. The summed E-state index contributed by atoms with van der Waals surface area (Å²) < 4.78 is 1.57. The molecule has 1 aromatic heterocycles. The van der Waals surface area contributed by atoms with E-state index >= 15 is 0 Å². The fourth-order valence-electron chi connectivity index (χ4n) is 3.28. The Morgan fingerprint density at radius 3 is 2.54 bits per heavy atom. The first-order valence-electron chi connectivity index (χ1n) is 8.00. The number of nitrogens with one attached hydrogen (secondary N) is 1. The van der Waals surface area contributed by atoms with Crippen molar-refractivity contribution in [3.8, 4) is 0 Å². The largest absolute Gasteiger partial charge is 0.345 e. The maximum Gasteiger partial charge on any atom is 0.262 e. The van der Waals surface area contributed by atoms with Crippen LogP contribution in [0.25, 0.3) is 10.9 Å². The third-order valence-corrected chi connectivity index (χ3v) is 4.47. The lowest BCUT2D eigenvalue weighted by atomic mass is 10.0. The van der Waals surface area contributed by atoms with Gasteiger partial charge in [0.15, 0.2) is 0 Å². The predicted octanol–water partition coefficient (Wildman–Crippen LogP) is 2.37. The van der Waals surface area contributed by atoms with Gasteiger partial charge in [-0.1, -0.05) is 42.5 Å². The van der Waals surface area contributed by atoms with Crippen LogP contribution in [-0.4, -0.2) is 15.5 Å². The van der Waals surface area contributed by atoms with Crippen molar-refractivity contribution in [2.45, 2.75) is 25.4 Å². The van der Waals surface area contributed by atoms with Crippen LogP contribution in [0.1, 0.15) is 30.4 Å². The van der Waals surface area contributed by atoms with E-state index < -0.39 is 6.04 Å². The van der Waals surface area contributed by atoms with Crippen LogP contribution in [0.2, 0.25) is 0 Å². The predicted molar refractivity (Wildman–Crippen MR) is 91.7 cm³/mol. The highest BCUT2D eigenvalue weighted by molar-refractivity contribution is 5.84. The second kappa shape index (κ2) is 5.60. The Morgan fingerprint density at radius 2 is 1.75 bits per heavy atom. The maximum absolute atomic E-state index is 13.0. The minimum atomic E-state index is -0.580. The number of carbonyl (C=O) groups is 1. The van der Waals surface area contributed by atoms with Crippen molar-refractivity contribution in [2.24, 2.45) is 0 Å². The summed E-state index contributed by atoms with van der Waals surface area (Å²) in [5, 5.41) is 3.48. The molecule has 1 aliphatic heterocycles. The molecule has 3 aromatic rings. The topological polar surface area (TPSA) is 64.0 Å². The third-order valence-electron chi connectivity index (χ3n) is 4.47. The molecule has 0 fully saturated rings. The van der Waals surface area contributed by atoms with Crippen LogP contribution in [0.5, 0.6) is 0 Å². The van der Waals surface area contributed by atoms with E-state index in [9.17, 15) is 9.59 Å². The first-order valence-corrected chi connectivity index (χ1v) is 8.00. The first-order chi connectivity index (χ1) is 11.6. The second-order valence-electron chi connectivity index (χ2n) is 6.10. The Bertz CT molecular complexity index is 979. The molecule has 0 unspecified atom stereocenters. The molecule has 5 nitrogen and oxygen atoms in total. The second-order valence-corrected chi connectivity index (χ2v) is 6.10. The number of benzene rings is 2. The minimum Gasteiger partial charge on any atom is -0.345 e. The van der Waals surface area contributed by atoms with Crippen LogP contribution in [0.4, 0.5) is 0 Å².